The van der Waals surface area contributed by atoms with Gasteiger partial charge in [-0.1, -0.05) is 0 Å². The van der Waals surface area contributed by atoms with Gasteiger partial charge in [-0.15, -0.1) is 0 Å². The average Bonchev–Trinajstić information content (AvgIpc) is 2.08. The van der Waals surface area contributed by atoms with Crippen LogP contribution in [0.5, 0.6) is 5.75 Å². The highest BCUT2D eigenvalue weighted by molar-refractivity contribution is 5.22. The first-order valence-corrected chi connectivity index (χ1v) is 3.97. The Balaban J connectivity index is 2.64. The molecule has 1 aromatic carbocycles. The van der Waals surface area contributed by atoms with Crippen molar-refractivity contribution in [1.29, 1.82) is 0 Å². The zero-order valence-electron chi connectivity index (χ0n) is 7.21. The van der Waals surface area contributed by atoms with Crippen molar-refractivity contribution in [1.82, 2.24) is 0 Å². The molecule has 0 aromatic heterocycles. The lowest BCUT2D eigenvalue weighted by molar-refractivity contribution is -0.185. The fraction of sp³-hybridized carbons (Fsp3) is 0.333. The first-order valence-electron chi connectivity index (χ1n) is 3.97. The van der Waals surface area contributed by atoms with Gasteiger partial charge in [0.05, 0.1) is 13.0 Å². The summed E-state index contributed by atoms with van der Waals surface area (Å²) in [6, 6.07) is 4.23. The molecule has 0 fully saturated rings. The van der Waals surface area contributed by atoms with Gasteiger partial charge >= 0.3 is 6.11 Å². The van der Waals surface area contributed by atoms with Crippen LogP contribution in [0.2, 0.25) is 0 Å². The van der Waals surface area contributed by atoms with Crippen LogP contribution in [0.15, 0.2) is 24.3 Å². The zero-order chi connectivity index (χ0) is 10.6. The maximum absolute atomic E-state index is 12.7. The number of hydrogen-bond donors (Lipinski definition) is 1. The molecule has 0 atom stereocenters. The van der Waals surface area contributed by atoms with Crippen molar-refractivity contribution in [3.63, 3.8) is 0 Å². The second-order valence-corrected chi connectivity index (χ2v) is 2.67. The minimum atomic E-state index is -3.42. The molecule has 0 saturated carbocycles. The van der Waals surface area contributed by atoms with E-state index in [2.05, 4.69) is 4.74 Å². The van der Waals surface area contributed by atoms with Gasteiger partial charge in [-0.25, -0.2) is 4.39 Å². The molecule has 0 saturated heterocycles. The third-order valence-corrected chi connectivity index (χ3v) is 1.48. The van der Waals surface area contributed by atoms with Gasteiger partial charge in [0, 0.05) is 0 Å². The molecule has 0 aliphatic rings. The van der Waals surface area contributed by atoms with Gasteiger partial charge in [0.1, 0.15) is 11.6 Å². The molecule has 14 heavy (non-hydrogen) atoms. The topological polar surface area (TPSA) is 29.5 Å². The summed E-state index contributed by atoms with van der Waals surface area (Å²) in [6.07, 6.45) is -4.21. The SMILES string of the molecule is OCCC(F)(F)Oc1ccc(F)cc1. The molecule has 2 nitrogen and oxygen atoms in total. The number of rotatable bonds is 4. The van der Waals surface area contributed by atoms with Crippen LogP contribution < -0.4 is 4.74 Å². The van der Waals surface area contributed by atoms with E-state index in [-0.39, 0.29) is 5.75 Å². The van der Waals surface area contributed by atoms with Crippen LogP contribution in [0.25, 0.3) is 0 Å². The molecule has 1 N–H and O–H groups in total. The molecular weight excluding hydrogens is 197 g/mol. The summed E-state index contributed by atoms with van der Waals surface area (Å²) in [5.41, 5.74) is 0. The van der Waals surface area contributed by atoms with Crippen molar-refractivity contribution < 1.29 is 23.0 Å². The molecule has 0 heterocycles. The van der Waals surface area contributed by atoms with Crippen molar-refractivity contribution in [2.45, 2.75) is 12.5 Å². The molecule has 78 valence electrons. The van der Waals surface area contributed by atoms with Gasteiger partial charge in [-0.3, -0.25) is 0 Å². The number of aliphatic hydroxyl groups is 1. The molecule has 0 radical (unpaired) electrons. The number of alkyl halides is 2. The number of aliphatic hydroxyl groups excluding tert-OH is 1. The van der Waals surface area contributed by atoms with E-state index >= 15 is 0 Å². The first kappa shape index (κ1) is 10.8. The molecule has 1 rings (SSSR count). The smallest absolute Gasteiger partial charge is 0.400 e. The highest BCUT2D eigenvalue weighted by Gasteiger charge is 2.30. The minimum absolute atomic E-state index is 0.134. The quantitative estimate of drug-likeness (QED) is 0.818. The van der Waals surface area contributed by atoms with E-state index in [1.165, 1.54) is 0 Å². The Kier molecular flexibility index (Phi) is 3.35. The van der Waals surface area contributed by atoms with Crippen molar-refractivity contribution in [2.75, 3.05) is 6.61 Å². The molecular formula is C9H9F3O2. The highest BCUT2D eigenvalue weighted by Crippen LogP contribution is 2.24. The lowest BCUT2D eigenvalue weighted by atomic mass is 10.3. The van der Waals surface area contributed by atoms with Crippen molar-refractivity contribution in [3.05, 3.63) is 30.1 Å². The minimum Gasteiger partial charge on any atom is -0.433 e. The fourth-order valence-electron chi connectivity index (χ4n) is 0.856. The van der Waals surface area contributed by atoms with Crippen LogP contribution in [0.1, 0.15) is 6.42 Å². The van der Waals surface area contributed by atoms with Crippen LogP contribution in [-0.2, 0) is 0 Å². The molecule has 0 aliphatic carbocycles. The summed E-state index contributed by atoms with van der Waals surface area (Å²) < 4.78 is 42.1. The van der Waals surface area contributed by atoms with Gasteiger partial charge in [0.2, 0.25) is 0 Å². The van der Waals surface area contributed by atoms with E-state index in [0.29, 0.717) is 0 Å². The first-order chi connectivity index (χ1) is 6.53. The average molecular weight is 206 g/mol. The van der Waals surface area contributed by atoms with Crippen LogP contribution in [0.4, 0.5) is 13.2 Å². The van der Waals surface area contributed by atoms with Crippen molar-refractivity contribution >= 4 is 0 Å². The number of benzene rings is 1. The molecule has 1 aromatic rings. The fourth-order valence-corrected chi connectivity index (χ4v) is 0.856. The van der Waals surface area contributed by atoms with Gasteiger partial charge < -0.3 is 9.84 Å². The standard InChI is InChI=1S/C9H9F3O2/c10-7-1-3-8(4-2-7)14-9(11,12)5-6-13/h1-4,13H,5-6H2. The van der Waals surface area contributed by atoms with Gasteiger partial charge in [-0.05, 0) is 24.3 Å². The van der Waals surface area contributed by atoms with Crippen LogP contribution in [0, 0.1) is 5.82 Å². The van der Waals surface area contributed by atoms with E-state index in [1.807, 2.05) is 0 Å². The summed E-state index contributed by atoms with van der Waals surface area (Å²) in [5, 5.41) is 8.30. The van der Waals surface area contributed by atoms with Gasteiger partial charge in [-0.2, -0.15) is 8.78 Å². The third-order valence-electron chi connectivity index (χ3n) is 1.48. The second kappa shape index (κ2) is 4.32. The maximum Gasteiger partial charge on any atom is 0.400 e. The summed E-state index contributed by atoms with van der Waals surface area (Å²) in [5.74, 6) is -0.660. The van der Waals surface area contributed by atoms with Crippen molar-refractivity contribution in [3.8, 4) is 5.75 Å². The molecule has 0 aliphatic heterocycles. The van der Waals surface area contributed by atoms with E-state index in [1.54, 1.807) is 0 Å². The predicted molar refractivity (Wildman–Crippen MR) is 43.7 cm³/mol. The Morgan fingerprint density at radius 2 is 1.79 bits per heavy atom. The van der Waals surface area contributed by atoms with Gasteiger partial charge in [0.15, 0.2) is 0 Å². The summed E-state index contributed by atoms with van der Waals surface area (Å²) in [4.78, 5) is 0. The summed E-state index contributed by atoms with van der Waals surface area (Å²) in [6.45, 7) is -0.672. The van der Waals surface area contributed by atoms with Crippen LogP contribution in [0.3, 0.4) is 0 Å². The number of ether oxygens (including phenoxy) is 1. The van der Waals surface area contributed by atoms with Crippen LogP contribution in [-0.4, -0.2) is 17.8 Å². The van der Waals surface area contributed by atoms with E-state index in [4.69, 9.17) is 5.11 Å². The molecule has 5 heteroatoms. The Morgan fingerprint density at radius 1 is 1.21 bits per heavy atom. The molecule has 0 spiro atoms. The largest absolute Gasteiger partial charge is 0.433 e. The Morgan fingerprint density at radius 3 is 2.29 bits per heavy atom. The summed E-state index contributed by atoms with van der Waals surface area (Å²) in [7, 11) is 0. The monoisotopic (exact) mass is 206 g/mol. The molecule has 0 bridgehead atoms. The number of hydrogen-bond acceptors (Lipinski definition) is 2. The van der Waals surface area contributed by atoms with Crippen molar-refractivity contribution in [2.24, 2.45) is 0 Å². The molecule has 0 amide bonds. The number of halogens is 3. The Bertz CT molecular complexity index is 285. The molecule has 0 unspecified atom stereocenters. The van der Waals surface area contributed by atoms with Gasteiger partial charge in [0.25, 0.3) is 0 Å². The van der Waals surface area contributed by atoms with E-state index < -0.39 is 25.0 Å². The highest BCUT2D eigenvalue weighted by atomic mass is 19.3. The Hall–Kier alpha value is -1.23. The second-order valence-electron chi connectivity index (χ2n) is 2.67. The lowest BCUT2D eigenvalue weighted by Crippen LogP contribution is -2.25. The predicted octanol–water partition coefficient (Wildman–Crippen LogP) is 2.18. The summed E-state index contributed by atoms with van der Waals surface area (Å²) >= 11 is 0. The lowest BCUT2D eigenvalue weighted by Gasteiger charge is -2.16. The Labute approximate surface area is 78.9 Å². The zero-order valence-corrected chi connectivity index (χ0v) is 7.21. The van der Waals surface area contributed by atoms with Crippen LogP contribution >= 0.6 is 0 Å². The third kappa shape index (κ3) is 3.26. The maximum atomic E-state index is 12.7. The van der Waals surface area contributed by atoms with E-state index in [0.717, 1.165) is 24.3 Å². The normalized spacial score (nSPS) is 11.4. The van der Waals surface area contributed by atoms with E-state index in [9.17, 15) is 13.2 Å².